The lowest BCUT2D eigenvalue weighted by Crippen LogP contribution is -2.44. The zero-order chi connectivity index (χ0) is 11.7. The molecule has 0 aliphatic rings. The van der Waals surface area contributed by atoms with E-state index in [9.17, 15) is 4.79 Å². The Labute approximate surface area is 91.5 Å². The van der Waals surface area contributed by atoms with Crippen LogP contribution in [-0.2, 0) is 14.3 Å². The highest BCUT2D eigenvalue weighted by Crippen LogP contribution is 2.00. The summed E-state index contributed by atoms with van der Waals surface area (Å²) in [5.41, 5.74) is 5.26. The highest BCUT2D eigenvalue weighted by atomic mass is 16.5. The van der Waals surface area contributed by atoms with Crippen molar-refractivity contribution in [2.24, 2.45) is 5.73 Å². The Morgan fingerprint density at radius 1 is 1.27 bits per heavy atom. The van der Waals surface area contributed by atoms with Crippen LogP contribution in [0.15, 0.2) is 0 Å². The summed E-state index contributed by atoms with van der Waals surface area (Å²) in [5, 5.41) is 0. The normalized spacial score (nSPS) is 13.1. The fourth-order valence-corrected chi connectivity index (χ4v) is 1.30. The van der Waals surface area contributed by atoms with Gasteiger partial charge in [0.15, 0.2) is 0 Å². The summed E-state index contributed by atoms with van der Waals surface area (Å²) in [5.74, 6) is -0.302. The maximum atomic E-state index is 11.0. The van der Waals surface area contributed by atoms with Gasteiger partial charge in [0.1, 0.15) is 0 Å². The van der Waals surface area contributed by atoms with Gasteiger partial charge in [-0.3, -0.25) is 9.69 Å². The van der Waals surface area contributed by atoms with Gasteiger partial charge in [-0.05, 0) is 13.3 Å². The van der Waals surface area contributed by atoms with Gasteiger partial charge in [0.05, 0.1) is 12.6 Å². The van der Waals surface area contributed by atoms with Crippen LogP contribution in [-0.4, -0.2) is 57.4 Å². The molecule has 0 heterocycles. The lowest BCUT2D eigenvalue weighted by atomic mass is 10.2. The first-order valence-electron chi connectivity index (χ1n) is 5.14. The van der Waals surface area contributed by atoms with Crippen LogP contribution in [0, 0.1) is 0 Å². The van der Waals surface area contributed by atoms with Crippen LogP contribution in [0.1, 0.15) is 13.3 Å². The maximum Gasteiger partial charge on any atom is 0.234 e. The number of carbonyl (C=O) groups is 1. The molecule has 0 aliphatic heterocycles. The third kappa shape index (κ3) is 6.43. The van der Waals surface area contributed by atoms with E-state index >= 15 is 0 Å². The summed E-state index contributed by atoms with van der Waals surface area (Å²) in [6.45, 7) is 4.61. The number of hydrogen-bond acceptors (Lipinski definition) is 4. The minimum absolute atomic E-state index is 0.253. The van der Waals surface area contributed by atoms with Crippen molar-refractivity contribution in [1.29, 1.82) is 0 Å². The van der Waals surface area contributed by atoms with Gasteiger partial charge in [-0.15, -0.1) is 0 Å². The molecule has 0 aromatic heterocycles. The van der Waals surface area contributed by atoms with E-state index in [0.29, 0.717) is 19.8 Å². The summed E-state index contributed by atoms with van der Waals surface area (Å²) in [7, 11) is 3.30. The second-order valence-electron chi connectivity index (χ2n) is 3.45. The SMILES string of the molecule is COCCCN(CCOC)C(C)C(N)=O. The summed E-state index contributed by atoms with van der Waals surface area (Å²) in [6.07, 6.45) is 0.887. The van der Waals surface area contributed by atoms with E-state index in [4.69, 9.17) is 15.2 Å². The molecule has 1 atom stereocenters. The van der Waals surface area contributed by atoms with E-state index in [-0.39, 0.29) is 11.9 Å². The zero-order valence-corrected chi connectivity index (χ0v) is 9.86. The zero-order valence-electron chi connectivity index (χ0n) is 9.86. The van der Waals surface area contributed by atoms with Crippen LogP contribution in [0.25, 0.3) is 0 Å². The van der Waals surface area contributed by atoms with Crippen molar-refractivity contribution in [1.82, 2.24) is 4.90 Å². The fourth-order valence-electron chi connectivity index (χ4n) is 1.30. The van der Waals surface area contributed by atoms with E-state index in [2.05, 4.69) is 0 Å². The molecule has 2 N–H and O–H groups in total. The highest BCUT2D eigenvalue weighted by Gasteiger charge is 2.17. The first kappa shape index (κ1) is 14.3. The van der Waals surface area contributed by atoms with E-state index in [1.165, 1.54) is 0 Å². The highest BCUT2D eigenvalue weighted by molar-refractivity contribution is 5.79. The lowest BCUT2D eigenvalue weighted by molar-refractivity contribution is -0.123. The second kappa shape index (κ2) is 8.64. The molecule has 5 nitrogen and oxygen atoms in total. The average Bonchev–Trinajstić information content (AvgIpc) is 2.22. The second-order valence-corrected chi connectivity index (χ2v) is 3.45. The molecule has 15 heavy (non-hydrogen) atoms. The Hall–Kier alpha value is -0.650. The van der Waals surface area contributed by atoms with Gasteiger partial charge < -0.3 is 15.2 Å². The van der Waals surface area contributed by atoms with Crippen LogP contribution in [0.3, 0.4) is 0 Å². The molecule has 90 valence electrons. The van der Waals surface area contributed by atoms with Crippen molar-refractivity contribution < 1.29 is 14.3 Å². The smallest absolute Gasteiger partial charge is 0.234 e. The monoisotopic (exact) mass is 218 g/mol. The third-order valence-electron chi connectivity index (χ3n) is 2.34. The first-order valence-corrected chi connectivity index (χ1v) is 5.14. The number of nitrogens with two attached hydrogens (primary N) is 1. The average molecular weight is 218 g/mol. The number of amides is 1. The summed E-state index contributed by atoms with van der Waals surface area (Å²) >= 11 is 0. The number of methoxy groups -OCH3 is 2. The molecule has 0 bridgehead atoms. The van der Waals surface area contributed by atoms with Gasteiger partial charge in [-0.2, -0.15) is 0 Å². The van der Waals surface area contributed by atoms with E-state index in [1.54, 1.807) is 14.2 Å². The molecule has 0 fully saturated rings. The number of ether oxygens (including phenoxy) is 2. The number of carbonyl (C=O) groups excluding carboxylic acids is 1. The van der Waals surface area contributed by atoms with Gasteiger partial charge in [-0.1, -0.05) is 0 Å². The molecule has 1 amide bonds. The Morgan fingerprint density at radius 3 is 2.33 bits per heavy atom. The Kier molecular flexibility index (Phi) is 8.27. The molecule has 0 aliphatic carbocycles. The third-order valence-corrected chi connectivity index (χ3v) is 2.34. The lowest BCUT2D eigenvalue weighted by Gasteiger charge is -2.26. The number of hydrogen-bond donors (Lipinski definition) is 1. The molecule has 0 rings (SSSR count). The minimum atomic E-state index is -0.302. The molecular weight excluding hydrogens is 196 g/mol. The molecule has 0 spiro atoms. The summed E-state index contributed by atoms with van der Waals surface area (Å²) < 4.78 is 9.95. The largest absolute Gasteiger partial charge is 0.385 e. The molecule has 0 saturated heterocycles. The number of nitrogens with zero attached hydrogens (tertiary/aromatic N) is 1. The first-order chi connectivity index (χ1) is 7.13. The number of primary amides is 1. The van der Waals surface area contributed by atoms with Crippen LogP contribution in [0.5, 0.6) is 0 Å². The van der Waals surface area contributed by atoms with E-state index in [0.717, 1.165) is 13.0 Å². The van der Waals surface area contributed by atoms with Gasteiger partial charge >= 0.3 is 0 Å². The Morgan fingerprint density at radius 2 is 1.87 bits per heavy atom. The van der Waals surface area contributed by atoms with E-state index in [1.807, 2.05) is 11.8 Å². The fraction of sp³-hybridized carbons (Fsp3) is 0.900. The van der Waals surface area contributed by atoms with Crippen molar-refractivity contribution >= 4 is 5.91 Å². The minimum Gasteiger partial charge on any atom is -0.385 e. The summed E-state index contributed by atoms with van der Waals surface area (Å²) in [4.78, 5) is 13.0. The maximum absolute atomic E-state index is 11.0. The van der Waals surface area contributed by atoms with Gasteiger partial charge in [0, 0.05) is 33.9 Å². The topological polar surface area (TPSA) is 64.8 Å². The number of rotatable bonds is 9. The van der Waals surface area contributed by atoms with E-state index < -0.39 is 0 Å². The summed E-state index contributed by atoms with van der Waals surface area (Å²) in [6, 6.07) is -0.253. The van der Waals surface area contributed by atoms with Crippen LogP contribution in [0.4, 0.5) is 0 Å². The standard InChI is InChI=1S/C10H22N2O3/c1-9(10(11)13)12(6-8-15-3)5-4-7-14-2/h9H,4-8H2,1-3H3,(H2,11,13). The Balaban J connectivity index is 3.99. The van der Waals surface area contributed by atoms with Crippen LogP contribution < -0.4 is 5.73 Å². The van der Waals surface area contributed by atoms with Crippen LogP contribution in [0.2, 0.25) is 0 Å². The quantitative estimate of drug-likeness (QED) is 0.546. The molecule has 5 heteroatoms. The van der Waals surface area contributed by atoms with Crippen molar-refractivity contribution in [2.75, 3.05) is 40.5 Å². The molecule has 0 aromatic carbocycles. The van der Waals surface area contributed by atoms with Crippen molar-refractivity contribution in [3.8, 4) is 0 Å². The molecule has 0 radical (unpaired) electrons. The molecular formula is C10H22N2O3. The van der Waals surface area contributed by atoms with Gasteiger partial charge in [-0.25, -0.2) is 0 Å². The van der Waals surface area contributed by atoms with Gasteiger partial charge in [0.2, 0.25) is 5.91 Å². The van der Waals surface area contributed by atoms with Crippen molar-refractivity contribution in [2.45, 2.75) is 19.4 Å². The predicted octanol–water partition coefficient (Wildman–Crippen LogP) is -0.155. The molecule has 0 aromatic rings. The molecule has 0 saturated carbocycles. The van der Waals surface area contributed by atoms with Crippen molar-refractivity contribution in [3.63, 3.8) is 0 Å². The molecule has 1 unspecified atom stereocenters. The predicted molar refractivity (Wildman–Crippen MR) is 58.6 cm³/mol. The Bertz CT molecular complexity index is 176. The van der Waals surface area contributed by atoms with Crippen LogP contribution >= 0.6 is 0 Å². The van der Waals surface area contributed by atoms with Crippen molar-refractivity contribution in [3.05, 3.63) is 0 Å². The van der Waals surface area contributed by atoms with Gasteiger partial charge in [0.25, 0.3) is 0 Å².